The quantitative estimate of drug-likeness (QED) is 0.461. The van der Waals surface area contributed by atoms with Gasteiger partial charge in [0.15, 0.2) is 5.16 Å². The topological polar surface area (TPSA) is 64.4 Å². The first-order valence-corrected chi connectivity index (χ1v) is 10.8. The fraction of sp³-hybridized carbons (Fsp3) is 0.318. The van der Waals surface area contributed by atoms with Crippen LogP contribution in [0.3, 0.4) is 0 Å². The SMILES string of the molecule is CCOc1ccc(-n2c(SCC(=O)N3CCCC3)nc3ccccc3c2=O)cc1. The molecule has 0 atom stereocenters. The lowest BCUT2D eigenvalue weighted by Crippen LogP contribution is -2.29. The van der Waals surface area contributed by atoms with Gasteiger partial charge >= 0.3 is 0 Å². The van der Waals surface area contributed by atoms with Crippen LogP contribution in [0.2, 0.25) is 0 Å². The minimum atomic E-state index is -0.143. The van der Waals surface area contributed by atoms with Crippen LogP contribution in [-0.4, -0.2) is 45.8 Å². The molecule has 29 heavy (non-hydrogen) atoms. The molecular formula is C22H23N3O3S. The summed E-state index contributed by atoms with van der Waals surface area (Å²) in [5.74, 6) is 1.10. The van der Waals surface area contributed by atoms with Gasteiger partial charge < -0.3 is 9.64 Å². The lowest BCUT2D eigenvalue weighted by atomic mass is 10.2. The molecule has 1 amide bonds. The number of carbonyl (C=O) groups is 1. The number of aromatic nitrogens is 2. The Morgan fingerprint density at radius 1 is 1.10 bits per heavy atom. The fourth-order valence-corrected chi connectivity index (χ4v) is 4.39. The first kappa shape index (κ1) is 19.5. The third kappa shape index (κ3) is 4.15. The smallest absolute Gasteiger partial charge is 0.266 e. The molecule has 0 unspecified atom stereocenters. The summed E-state index contributed by atoms with van der Waals surface area (Å²) in [6.45, 7) is 4.14. The summed E-state index contributed by atoms with van der Waals surface area (Å²) in [4.78, 5) is 32.3. The number of thioether (sulfide) groups is 1. The van der Waals surface area contributed by atoms with Crippen molar-refractivity contribution in [2.75, 3.05) is 25.4 Å². The molecule has 3 aromatic rings. The van der Waals surface area contributed by atoms with Crippen LogP contribution in [0.15, 0.2) is 58.5 Å². The Morgan fingerprint density at radius 3 is 2.55 bits per heavy atom. The van der Waals surface area contributed by atoms with Crippen LogP contribution in [0.1, 0.15) is 19.8 Å². The fourth-order valence-electron chi connectivity index (χ4n) is 3.48. The standard InChI is InChI=1S/C22H23N3O3S/c1-2-28-17-11-9-16(10-12-17)25-21(27)18-7-3-4-8-19(18)23-22(25)29-15-20(26)24-13-5-6-14-24/h3-4,7-12H,2,5-6,13-15H2,1H3. The number of hydrogen-bond acceptors (Lipinski definition) is 5. The molecule has 150 valence electrons. The number of benzene rings is 2. The summed E-state index contributed by atoms with van der Waals surface area (Å²) in [5.41, 5.74) is 1.19. The van der Waals surface area contributed by atoms with E-state index >= 15 is 0 Å². The van der Waals surface area contributed by atoms with Crippen molar-refractivity contribution in [2.24, 2.45) is 0 Å². The number of likely N-dealkylation sites (tertiary alicyclic amines) is 1. The second-order valence-electron chi connectivity index (χ2n) is 6.86. The van der Waals surface area contributed by atoms with Crippen LogP contribution in [0.4, 0.5) is 0 Å². The number of ether oxygens (including phenoxy) is 1. The third-order valence-electron chi connectivity index (χ3n) is 4.93. The van der Waals surface area contributed by atoms with E-state index in [1.807, 2.05) is 54.3 Å². The van der Waals surface area contributed by atoms with Crippen LogP contribution in [0.25, 0.3) is 16.6 Å². The molecule has 7 heteroatoms. The molecule has 2 heterocycles. The minimum Gasteiger partial charge on any atom is -0.494 e. The average molecular weight is 410 g/mol. The van der Waals surface area contributed by atoms with E-state index in [1.54, 1.807) is 10.6 Å². The van der Waals surface area contributed by atoms with E-state index in [4.69, 9.17) is 9.72 Å². The highest BCUT2D eigenvalue weighted by Crippen LogP contribution is 2.23. The zero-order chi connectivity index (χ0) is 20.2. The minimum absolute atomic E-state index is 0.0909. The molecule has 1 saturated heterocycles. The molecule has 2 aromatic carbocycles. The maximum absolute atomic E-state index is 13.2. The largest absolute Gasteiger partial charge is 0.494 e. The Balaban J connectivity index is 1.72. The first-order chi connectivity index (χ1) is 14.2. The van der Waals surface area contributed by atoms with Crippen LogP contribution in [0.5, 0.6) is 5.75 Å². The summed E-state index contributed by atoms with van der Waals surface area (Å²) >= 11 is 1.31. The molecule has 1 aromatic heterocycles. The Morgan fingerprint density at radius 2 is 1.83 bits per heavy atom. The van der Waals surface area contributed by atoms with Gasteiger partial charge in [0.2, 0.25) is 5.91 Å². The van der Waals surface area contributed by atoms with Gasteiger partial charge in [-0.3, -0.25) is 14.2 Å². The Bertz CT molecular complexity index is 1070. The van der Waals surface area contributed by atoms with Gasteiger partial charge in [-0.2, -0.15) is 0 Å². The summed E-state index contributed by atoms with van der Waals surface area (Å²) in [6, 6.07) is 14.7. The highest BCUT2D eigenvalue weighted by Gasteiger charge is 2.20. The van der Waals surface area contributed by atoms with Crippen molar-refractivity contribution >= 4 is 28.6 Å². The van der Waals surface area contributed by atoms with Crippen molar-refractivity contribution < 1.29 is 9.53 Å². The summed E-state index contributed by atoms with van der Waals surface area (Å²) in [6.07, 6.45) is 2.11. The Hall–Kier alpha value is -2.80. The maximum Gasteiger partial charge on any atom is 0.266 e. The number of fused-ring (bicyclic) bond motifs is 1. The monoisotopic (exact) mass is 409 g/mol. The Labute approximate surface area is 173 Å². The number of para-hydroxylation sites is 1. The van der Waals surface area contributed by atoms with E-state index in [9.17, 15) is 9.59 Å². The zero-order valence-electron chi connectivity index (χ0n) is 16.3. The first-order valence-electron chi connectivity index (χ1n) is 9.83. The van der Waals surface area contributed by atoms with E-state index in [2.05, 4.69) is 0 Å². The van der Waals surface area contributed by atoms with Gasteiger partial charge in [0.05, 0.1) is 29.0 Å². The van der Waals surface area contributed by atoms with Crippen LogP contribution in [0, 0.1) is 0 Å². The van der Waals surface area contributed by atoms with E-state index < -0.39 is 0 Å². The van der Waals surface area contributed by atoms with Gasteiger partial charge in [-0.25, -0.2) is 4.98 Å². The number of nitrogens with zero attached hydrogens (tertiary/aromatic N) is 3. The molecule has 0 aliphatic carbocycles. The molecule has 1 aliphatic rings. The molecule has 1 fully saturated rings. The number of rotatable bonds is 6. The van der Waals surface area contributed by atoms with E-state index in [0.717, 1.165) is 31.7 Å². The second-order valence-corrected chi connectivity index (χ2v) is 7.80. The van der Waals surface area contributed by atoms with Crippen molar-refractivity contribution in [3.05, 3.63) is 58.9 Å². The number of carbonyl (C=O) groups excluding carboxylic acids is 1. The molecule has 0 saturated carbocycles. The maximum atomic E-state index is 13.2. The van der Waals surface area contributed by atoms with Crippen molar-refractivity contribution in [3.63, 3.8) is 0 Å². The van der Waals surface area contributed by atoms with E-state index in [-0.39, 0.29) is 17.2 Å². The zero-order valence-corrected chi connectivity index (χ0v) is 17.2. The van der Waals surface area contributed by atoms with Crippen LogP contribution in [-0.2, 0) is 4.79 Å². The summed E-state index contributed by atoms with van der Waals surface area (Å²) < 4.78 is 7.09. The lowest BCUT2D eigenvalue weighted by Gasteiger charge is -2.16. The molecule has 0 bridgehead atoms. The van der Waals surface area contributed by atoms with Gasteiger partial charge in [0, 0.05) is 13.1 Å². The van der Waals surface area contributed by atoms with Crippen molar-refractivity contribution in [3.8, 4) is 11.4 Å². The van der Waals surface area contributed by atoms with Gasteiger partial charge in [-0.05, 0) is 56.2 Å². The van der Waals surface area contributed by atoms with Gasteiger partial charge in [0.1, 0.15) is 5.75 Å². The third-order valence-corrected chi connectivity index (χ3v) is 5.86. The van der Waals surface area contributed by atoms with E-state index in [1.165, 1.54) is 11.8 Å². The molecule has 0 radical (unpaired) electrons. The van der Waals surface area contributed by atoms with Gasteiger partial charge in [0.25, 0.3) is 5.56 Å². The average Bonchev–Trinajstić information content (AvgIpc) is 3.28. The summed E-state index contributed by atoms with van der Waals surface area (Å²) in [7, 11) is 0. The van der Waals surface area contributed by atoms with Crippen LogP contribution >= 0.6 is 11.8 Å². The normalized spacial score (nSPS) is 13.8. The van der Waals surface area contributed by atoms with Crippen LogP contribution < -0.4 is 10.3 Å². The van der Waals surface area contributed by atoms with Crippen molar-refractivity contribution in [2.45, 2.75) is 24.9 Å². The molecule has 0 spiro atoms. The van der Waals surface area contributed by atoms with Crippen molar-refractivity contribution in [1.29, 1.82) is 0 Å². The van der Waals surface area contributed by atoms with E-state index in [0.29, 0.717) is 28.4 Å². The molecule has 0 N–H and O–H groups in total. The molecule has 4 rings (SSSR count). The Kier molecular flexibility index (Phi) is 5.85. The molecule has 1 aliphatic heterocycles. The highest BCUT2D eigenvalue weighted by atomic mass is 32.2. The molecular weight excluding hydrogens is 386 g/mol. The molecule has 6 nitrogen and oxygen atoms in total. The van der Waals surface area contributed by atoms with Gasteiger partial charge in [-0.1, -0.05) is 23.9 Å². The van der Waals surface area contributed by atoms with Gasteiger partial charge in [-0.15, -0.1) is 0 Å². The highest BCUT2D eigenvalue weighted by molar-refractivity contribution is 7.99. The summed E-state index contributed by atoms with van der Waals surface area (Å²) in [5, 5.41) is 1.07. The lowest BCUT2D eigenvalue weighted by molar-refractivity contribution is -0.127. The predicted molar refractivity (Wildman–Crippen MR) is 115 cm³/mol. The van der Waals surface area contributed by atoms with Crippen molar-refractivity contribution in [1.82, 2.24) is 14.5 Å². The predicted octanol–water partition coefficient (Wildman–Crippen LogP) is 3.50. The second kappa shape index (κ2) is 8.69. The number of hydrogen-bond donors (Lipinski definition) is 0. The number of amides is 1.